The molecule has 0 radical (unpaired) electrons. The minimum absolute atomic E-state index is 0. The Balaban J connectivity index is 0.000000479. The average molecular weight is 535 g/mol. The van der Waals surface area contributed by atoms with Crippen molar-refractivity contribution in [2.75, 3.05) is 26.7 Å². The number of likely N-dealkylation sites (N-methyl/N-ethyl adjacent to an activating group) is 1. The molecule has 0 N–H and O–H groups in total. The summed E-state index contributed by atoms with van der Waals surface area (Å²) in [6.45, 7) is 6.25. The normalized spacial score (nSPS) is 18.2. The van der Waals surface area contributed by atoms with E-state index in [1.54, 1.807) is 4.57 Å². The van der Waals surface area contributed by atoms with Gasteiger partial charge in [-0.15, -0.1) is 0 Å². The van der Waals surface area contributed by atoms with E-state index in [1.165, 1.54) is 11.1 Å². The summed E-state index contributed by atoms with van der Waals surface area (Å²) >= 11 is 0. The van der Waals surface area contributed by atoms with Gasteiger partial charge < -0.3 is 4.90 Å². The van der Waals surface area contributed by atoms with Gasteiger partial charge in [0.25, 0.3) is 0 Å². The predicted octanol–water partition coefficient (Wildman–Crippen LogP) is 5.19. The maximum Gasteiger partial charge on any atom is 2.00 e. The van der Waals surface area contributed by atoms with Crippen molar-refractivity contribution >= 4 is 28.3 Å². The van der Waals surface area contributed by atoms with Crippen LogP contribution in [0.2, 0.25) is 0 Å². The first-order chi connectivity index (χ1) is 17.5. The van der Waals surface area contributed by atoms with Crippen molar-refractivity contribution < 1.29 is 26.7 Å². The molecule has 5 nitrogen and oxygen atoms in total. The van der Waals surface area contributed by atoms with Crippen LogP contribution in [0.25, 0.3) is 16.5 Å². The Morgan fingerprint density at radius 1 is 1.05 bits per heavy atom. The largest absolute Gasteiger partial charge is 2.00 e. The first-order valence-corrected chi connectivity index (χ1v) is 12.8. The van der Waals surface area contributed by atoms with Gasteiger partial charge in [0.05, 0.1) is 11.4 Å². The molecule has 2 atom stereocenters. The van der Waals surface area contributed by atoms with Gasteiger partial charge in [-0.1, -0.05) is 23.8 Å². The Morgan fingerprint density at radius 2 is 1.76 bits per heavy atom. The number of fused-ring (bicyclic) bond motifs is 2. The number of nitrogens with zero attached hydrogens (tertiary/aromatic N) is 3. The van der Waals surface area contributed by atoms with Gasteiger partial charge in [-0.05, 0) is 50.1 Å². The molecular formula is C31H33FeN3O2. The van der Waals surface area contributed by atoms with Crippen LogP contribution in [0.1, 0.15) is 35.3 Å². The fourth-order valence-corrected chi connectivity index (χ4v) is 5.63. The zero-order valence-corrected chi connectivity index (χ0v) is 22.7. The van der Waals surface area contributed by atoms with Crippen LogP contribution >= 0.6 is 0 Å². The second-order valence-electron chi connectivity index (χ2n) is 9.56. The molecule has 6 heteroatoms. The third kappa shape index (κ3) is 5.02. The van der Waals surface area contributed by atoms with E-state index in [0.717, 1.165) is 42.5 Å². The van der Waals surface area contributed by atoms with Crippen LogP contribution in [0.15, 0.2) is 85.1 Å². The quantitative estimate of drug-likeness (QED) is 0.267. The molecule has 0 fully saturated rings. The maximum atomic E-state index is 13.1. The van der Waals surface area contributed by atoms with Gasteiger partial charge in [0, 0.05) is 37.3 Å². The standard InChI is InChI=1S/C26H28N3O2.C5H5.Fe/c1-4-28(5-2)25(30)19-13-21-20-11-8-12-22-24(20)18(14-23(21)27(3)15-19)16-29(22)26(31)17-9-6-7-10-17;1-2-4-5-3-1;/h6-13,16,19,23H,4-5,14-15H2,1-3H3;1-5H;/q2*-1;+2/t19-,23-;;/m1../s1. The molecule has 192 valence electrons. The van der Waals surface area contributed by atoms with Crippen molar-refractivity contribution in [1.29, 1.82) is 0 Å². The summed E-state index contributed by atoms with van der Waals surface area (Å²) < 4.78 is 1.79. The monoisotopic (exact) mass is 535 g/mol. The zero-order chi connectivity index (χ0) is 25.2. The van der Waals surface area contributed by atoms with Crippen LogP contribution in [0.4, 0.5) is 0 Å². The summed E-state index contributed by atoms with van der Waals surface area (Å²) in [6, 6.07) is 23.9. The molecule has 0 bridgehead atoms. The molecule has 4 aromatic rings. The van der Waals surface area contributed by atoms with Crippen LogP contribution < -0.4 is 0 Å². The number of amides is 1. The van der Waals surface area contributed by atoms with Crippen molar-refractivity contribution in [2.24, 2.45) is 5.92 Å². The zero-order valence-electron chi connectivity index (χ0n) is 21.6. The van der Waals surface area contributed by atoms with Crippen molar-refractivity contribution in [2.45, 2.75) is 26.3 Å². The topological polar surface area (TPSA) is 45.6 Å². The van der Waals surface area contributed by atoms with Crippen molar-refractivity contribution in [1.82, 2.24) is 14.4 Å². The molecule has 3 aromatic carbocycles. The Bertz CT molecular complexity index is 1360. The number of hydrogen-bond donors (Lipinski definition) is 0. The third-order valence-electron chi connectivity index (χ3n) is 7.47. The Kier molecular flexibility index (Phi) is 8.33. The number of aromatic nitrogens is 1. The fraction of sp³-hybridized carbons (Fsp3) is 0.290. The van der Waals surface area contributed by atoms with E-state index in [0.29, 0.717) is 5.56 Å². The Morgan fingerprint density at radius 3 is 2.38 bits per heavy atom. The molecule has 2 heterocycles. The Labute approximate surface area is 229 Å². The van der Waals surface area contributed by atoms with Crippen LogP contribution in [-0.2, 0) is 28.3 Å². The van der Waals surface area contributed by atoms with Gasteiger partial charge in [-0.3, -0.25) is 19.1 Å². The second kappa shape index (κ2) is 11.5. The maximum absolute atomic E-state index is 13.1. The molecule has 0 saturated carbocycles. The van der Waals surface area contributed by atoms with Crippen molar-refractivity contribution in [3.8, 4) is 0 Å². The van der Waals surface area contributed by atoms with E-state index < -0.39 is 0 Å². The van der Waals surface area contributed by atoms with E-state index in [1.807, 2.05) is 91.7 Å². The van der Waals surface area contributed by atoms with Crippen LogP contribution in [-0.4, -0.2) is 58.9 Å². The van der Waals surface area contributed by atoms with Gasteiger partial charge in [0.2, 0.25) is 11.8 Å². The van der Waals surface area contributed by atoms with E-state index in [-0.39, 0.29) is 40.8 Å². The van der Waals surface area contributed by atoms with E-state index in [9.17, 15) is 9.59 Å². The molecule has 1 aromatic heterocycles. The molecule has 0 spiro atoms. The van der Waals surface area contributed by atoms with Gasteiger partial charge >= 0.3 is 17.1 Å². The number of carbonyl (C=O) groups excluding carboxylic acids is 2. The molecule has 37 heavy (non-hydrogen) atoms. The SMILES string of the molecule is CCN(CC)C(=O)[C@@H]1C=C2c3cccc4c3c(cn4C(=O)[c-]3cccc3)C[C@H]2N(C)C1.[Fe+2].c1cc[cH-]c1. The number of carbonyl (C=O) groups is 2. The summed E-state index contributed by atoms with van der Waals surface area (Å²) in [5.41, 5.74) is 5.22. The van der Waals surface area contributed by atoms with Gasteiger partial charge in [-0.2, -0.15) is 30.3 Å². The summed E-state index contributed by atoms with van der Waals surface area (Å²) in [7, 11) is 2.11. The number of hydrogen-bond acceptors (Lipinski definition) is 3. The average Bonchev–Trinajstić information content (AvgIpc) is 3.69. The van der Waals surface area contributed by atoms with Crippen LogP contribution in [0.5, 0.6) is 0 Å². The molecule has 0 unspecified atom stereocenters. The molecule has 6 rings (SSSR count). The number of benzene rings is 1. The first kappa shape index (κ1) is 26.9. The van der Waals surface area contributed by atoms with Gasteiger partial charge in [-0.25, -0.2) is 24.3 Å². The number of rotatable bonds is 4. The smallest absolute Gasteiger partial charge is 0.343 e. The molecule has 2 aliphatic rings. The van der Waals surface area contributed by atoms with Gasteiger partial charge in [0.15, 0.2) is 0 Å². The fourth-order valence-electron chi connectivity index (χ4n) is 5.63. The molecule has 1 aliphatic carbocycles. The van der Waals surface area contributed by atoms with Crippen LogP contribution in [0.3, 0.4) is 0 Å². The molecule has 1 amide bonds. The second-order valence-corrected chi connectivity index (χ2v) is 9.56. The summed E-state index contributed by atoms with van der Waals surface area (Å²) in [5.74, 6) is 0.0610. The predicted molar refractivity (Wildman–Crippen MR) is 145 cm³/mol. The first-order valence-electron chi connectivity index (χ1n) is 12.8. The molecular weight excluding hydrogens is 502 g/mol. The van der Waals surface area contributed by atoms with E-state index in [2.05, 4.69) is 24.1 Å². The molecule has 0 saturated heterocycles. The van der Waals surface area contributed by atoms with Crippen LogP contribution in [0, 0.1) is 5.92 Å². The van der Waals surface area contributed by atoms with Crippen molar-refractivity contribution in [3.63, 3.8) is 0 Å². The third-order valence-corrected chi connectivity index (χ3v) is 7.47. The summed E-state index contributed by atoms with van der Waals surface area (Å²) in [4.78, 5) is 30.5. The minimum Gasteiger partial charge on any atom is -0.343 e. The summed E-state index contributed by atoms with van der Waals surface area (Å²) in [6.07, 6.45) is 5.06. The minimum atomic E-state index is -0.138. The van der Waals surface area contributed by atoms with E-state index >= 15 is 0 Å². The van der Waals surface area contributed by atoms with Gasteiger partial charge in [0.1, 0.15) is 0 Å². The Hall–Kier alpha value is -3.18. The van der Waals surface area contributed by atoms with E-state index in [4.69, 9.17) is 0 Å². The summed E-state index contributed by atoms with van der Waals surface area (Å²) in [5, 5.41) is 1.15. The van der Waals surface area contributed by atoms with Crippen molar-refractivity contribution in [3.05, 3.63) is 102 Å². The molecule has 1 aliphatic heterocycles.